The van der Waals surface area contributed by atoms with Crippen LogP contribution in [0.3, 0.4) is 0 Å². The maximum Gasteiger partial charge on any atom is 0.244 e. The second-order valence-electron chi connectivity index (χ2n) is 7.67. The molecule has 0 saturated carbocycles. The number of hydrogen-bond acceptors (Lipinski definition) is 6. The van der Waals surface area contributed by atoms with Crippen molar-refractivity contribution in [2.75, 3.05) is 24.8 Å². The number of aromatic nitrogens is 1. The van der Waals surface area contributed by atoms with Crippen LogP contribution in [0, 0.1) is 5.92 Å². The predicted octanol–water partition coefficient (Wildman–Crippen LogP) is 3.47. The highest BCUT2D eigenvalue weighted by molar-refractivity contribution is 7.92. The molecule has 1 amide bonds. The minimum atomic E-state index is -3.96. The van der Waals surface area contributed by atoms with Crippen LogP contribution in [0.5, 0.6) is 11.8 Å². The van der Waals surface area contributed by atoms with Gasteiger partial charge in [0.15, 0.2) is 0 Å². The van der Waals surface area contributed by atoms with Crippen LogP contribution in [0.4, 0.5) is 5.69 Å². The van der Waals surface area contributed by atoms with Crippen LogP contribution in [0.2, 0.25) is 0 Å². The van der Waals surface area contributed by atoms with Gasteiger partial charge in [-0.2, -0.15) is 4.98 Å². The third-order valence-corrected chi connectivity index (χ3v) is 6.61. The molecule has 0 saturated heterocycles. The molecule has 1 aromatic heterocycles. The third kappa shape index (κ3) is 4.05. The fraction of sp³-hybridized carbons (Fsp3) is 0.250. The van der Waals surface area contributed by atoms with E-state index in [0.717, 1.165) is 32.8 Å². The summed E-state index contributed by atoms with van der Waals surface area (Å²) < 4.78 is 36.8. The Labute approximate surface area is 187 Å². The van der Waals surface area contributed by atoms with Gasteiger partial charge >= 0.3 is 0 Å². The van der Waals surface area contributed by atoms with Gasteiger partial charge in [-0.25, -0.2) is 12.7 Å². The molecule has 0 N–H and O–H groups in total. The van der Waals surface area contributed by atoms with Gasteiger partial charge in [0.1, 0.15) is 5.69 Å². The number of ether oxygens (including phenoxy) is 2. The largest absolute Gasteiger partial charge is 0.481 e. The van der Waals surface area contributed by atoms with Gasteiger partial charge in [-0.1, -0.05) is 48.5 Å². The Morgan fingerprint density at radius 3 is 1.97 bits per heavy atom. The molecule has 0 fully saturated rings. The number of sulfonamides is 1. The van der Waals surface area contributed by atoms with Crippen LogP contribution in [-0.4, -0.2) is 39.8 Å². The second kappa shape index (κ2) is 8.63. The van der Waals surface area contributed by atoms with Crippen molar-refractivity contribution < 1.29 is 22.7 Å². The van der Waals surface area contributed by atoms with Crippen molar-refractivity contribution in [3.8, 4) is 22.9 Å². The van der Waals surface area contributed by atoms with Crippen LogP contribution in [0.15, 0.2) is 60.7 Å². The lowest BCUT2D eigenvalue weighted by Crippen LogP contribution is -2.42. The molecule has 0 radical (unpaired) electrons. The summed E-state index contributed by atoms with van der Waals surface area (Å²) in [6.45, 7) is 0. The second-order valence-corrected chi connectivity index (χ2v) is 9.50. The van der Waals surface area contributed by atoms with Crippen LogP contribution in [0.1, 0.15) is 11.1 Å². The Bertz CT molecular complexity index is 1230. The first-order chi connectivity index (χ1) is 15.3. The summed E-state index contributed by atoms with van der Waals surface area (Å²) in [5.41, 5.74) is 4.20. The molecule has 1 aliphatic rings. The van der Waals surface area contributed by atoms with E-state index in [-0.39, 0.29) is 17.4 Å². The standard InChI is InChI=1S/C24H24N2O5S/c1-30-22-13-12-21(23(25-22)31-2)26(32(3,28)29)24(27)18-14-16-8-4-6-10-19(16)20-11-7-5-9-17(20)15-18/h4-13,18H,14-15H2,1-3H3. The van der Waals surface area contributed by atoms with E-state index in [1.54, 1.807) is 0 Å². The summed E-state index contributed by atoms with van der Waals surface area (Å²) in [7, 11) is -1.15. The normalized spacial score (nSPS) is 13.5. The number of carbonyl (C=O) groups is 1. The van der Waals surface area contributed by atoms with E-state index in [9.17, 15) is 13.2 Å². The molecule has 0 unspecified atom stereocenters. The predicted molar refractivity (Wildman–Crippen MR) is 122 cm³/mol. The van der Waals surface area contributed by atoms with Crippen LogP contribution in [0.25, 0.3) is 11.1 Å². The molecule has 0 spiro atoms. The first-order valence-electron chi connectivity index (χ1n) is 10.1. The summed E-state index contributed by atoms with van der Waals surface area (Å²) in [6.07, 6.45) is 1.84. The van der Waals surface area contributed by atoms with Crippen LogP contribution >= 0.6 is 0 Å². The monoisotopic (exact) mass is 452 g/mol. The molecule has 0 bridgehead atoms. The van der Waals surface area contributed by atoms with Gasteiger partial charge in [-0.05, 0) is 41.2 Å². The van der Waals surface area contributed by atoms with Crippen molar-refractivity contribution in [3.05, 3.63) is 71.8 Å². The van der Waals surface area contributed by atoms with Crippen molar-refractivity contribution in [2.24, 2.45) is 5.92 Å². The van der Waals surface area contributed by atoms with Gasteiger partial charge in [0.25, 0.3) is 0 Å². The van der Waals surface area contributed by atoms with Gasteiger partial charge in [-0.15, -0.1) is 0 Å². The molecular formula is C24H24N2O5S. The van der Waals surface area contributed by atoms with Crippen molar-refractivity contribution in [2.45, 2.75) is 12.8 Å². The number of pyridine rings is 1. The van der Waals surface area contributed by atoms with Gasteiger partial charge in [-0.3, -0.25) is 4.79 Å². The SMILES string of the molecule is COc1ccc(N(C(=O)C2Cc3ccccc3-c3ccccc3C2)S(C)(=O)=O)c(OC)n1. The number of fused-ring (bicyclic) bond motifs is 3. The summed E-state index contributed by atoms with van der Waals surface area (Å²) >= 11 is 0. The number of amides is 1. The Balaban J connectivity index is 1.81. The fourth-order valence-electron chi connectivity index (χ4n) is 4.16. The average Bonchev–Trinajstić information content (AvgIpc) is 2.95. The van der Waals surface area contributed by atoms with Crippen molar-refractivity contribution in [1.29, 1.82) is 0 Å². The maximum atomic E-state index is 13.8. The lowest BCUT2D eigenvalue weighted by atomic mass is 9.94. The van der Waals surface area contributed by atoms with Crippen molar-refractivity contribution in [1.82, 2.24) is 4.98 Å². The number of methoxy groups -OCH3 is 2. The Kier molecular flexibility index (Phi) is 5.88. The average molecular weight is 453 g/mol. The Morgan fingerprint density at radius 1 is 0.906 bits per heavy atom. The molecule has 0 atom stereocenters. The molecule has 1 aliphatic carbocycles. The molecule has 0 aliphatic heterocycles. The van der Waals surface area contributed by atoms with E-state index in [2.05, 4.69) is 4.98 Å². The summed E-state index contributed by atoms with van der Waals surface area (Å²) in [5.74, 6) is -0.855. The molecule has 166 valence electrons. The molecule has 1 heterocycles. The third-order valence-electron chi connectivity index (χ3n) is 5.57. The van der Waals surface area contributed by atoms with E-state index in [1.807, 2.05) is 48.5 Å². The molecule has 32 heavy (non-hydrogen) atoms. The zero-order valence-electron chi connectivity index (χ0n) is 18.1. The highest BCUT2D eigenvalue weighted by Crippen LogP contribution is 2.37. The zero-order valence-corrected chi connectivity index (χ0v) is 18.9. The first-order valence-corrected chi connectivity index (χ1v) is 12.0. The number of rotatable bonds is 5. The summed E-state index contributed by atoms with van der Waals surface area (Å²) in [6, 6.07) is 18.8. The zero-order chi connectivity index (χ0) is 22.9. The van der Waals surface area contributed by atoms with Crippen molar-refractivity contribution in [3.63, 3.8) is 0 Å². The summed E-state index contributed by atoms with van der Waals surface area (Å²) in [4.78, 5) is 17.9. The smallest absolute Gasteiger partial charge is 0.244 e. The Hall–Kier alpha value is -3.39. The highest BCUT2D eigenvalue weighted by atomic mass is 32.2. The van der Waals surface area contributed by atoms with Gasteiger partial charge in [0.2, 0.25) is 27.7 Å². The molecular weight excluding hydrogens is 428 g/mol. The van der Waals surface area contributed by atoms with E-state index in [1.165, 1.54) is 26.4 Å². The quantitative estimate of drug-likeness (QED) is 0.589. The van der Waals surface area contributed by atoms with Gasteiger partial charge < -0.3 is 9.47 Å². The lowest BCUT2D eigenvalue weighted by molar-refractivity contribution is -0.121. The highest BCUT2D eigenvalue weighted by Gasteiger charge is 2.36. The summed E-state index contributed by atoms with van der Waals surface area (Å²) in [5, 5.41) is 0. The molecule has 3 aromatic rings. The number of nitrogens with zero attached hydrogens (tertiary/aromatic N) is 2. The van der Waals surface area contributed by atoms with Crippen LogP contribution in [-0.2, 0) is 27.7 Å². The topological polar surface area (TPSA) is 85.8 Å². The molecule has 4 rings (SSSR count). The number of carbonyl (C=O) groups excluding carboxylic acids is 1. The maximum absolute atomic E-state index is 13.8. The fourth-order valence-corrected chi connectivity index (χ4v) is 5.13. The van der Waals surface area contributed by atoms with Gasteiger partial charge in [0.05, 0.1) is 20.5 Å². The van der Waals surface area contributed by atoms with E-state index in [0.29, 0.717) is 12.8 Å². The van der Waals surface area contributed by atoms with Crippen molar-refractivity contribution >= 4 is 21.6 Å². The molecule has 7 nitrogen and oxygen atoms in total. The lowest BCUT2D eigenvalue weighted by Gasteiger charge is -2.26. The number of benzene rings is 2. The molecule has 8 heteroatoms. The first kappa shape index (κ1) is 21.8. The van der Waals surface area contributed by atoms with Crippen LogP contribution < -0.4 is 13.8 Å². The minimum Gasteiger partial charge on any atom is -0.481 e. The van der Waals surface area contributed by atoms with E-state index in [4.69, 9.17) is 9.47 Å². The minimum absolute atomic E-state index is 0.00227. The van der Waals surface area contributed by atoms with E-state index < -0.39 is 21.8 Å². The Morgan fingerprint density at radius 2 is 1.47 bits per heavy atom. The van der Waals surface area contributed by atoms with Gasteiger partial charge in [0, 0.05) is 12.0 Å². The number of hydrogen-bond donors (Lipinski definition) is 0. The number of anilines is 1. The molecule has 2 aromatic carbocycles. The van der Waals surface area contributed by atoms with E-state index >= 15 is 0 Å².